The van der Waals surface area contributed by atoms with Crippen LogP contribution in [0.1, 0.15) is 11.1 Å². The Morgan fingerprint density at radius 1 is 0.733 bits per heavy atom. The van der Waals surface area contributed by atoms with E-state index in [1.165, 1.54) is 12.5 Å². The number of aromatic nitrogens is 2. The van der Waals surface area contributed by atoms with Crippen LogP contribution in [0, 0.1) is 13.8 Å². The van der Waals surface area contributed by atoms with Crippen molar-refractivity contribution in [1.29, 1.82) is 0 Å². The molecule has 0 fully saturated rings. The molecular formula is C22H18N4O4. The van der Waals surface area contributed by atoms with Crippen molar-refractivity contribution >= 4 is 23.2 Å². The van der Waals surface area contributed by atoms with Crippen LogP contribution in [0.3, 0.4) is 0 Å². The van der Waals surface area contributed by atoms with Gasteiger partial charge in [0.1, 0.15) is 12.5 Å². The van der Waals surface area contributed by atoms with Crippen LogP contribution in [0.25, 0.3) is 22.9 Å². The molecule has 2 amide bonds. The number of oxazole rings is 2. The smallest absolute Gasteiger partial charge is 0.314 e. The molecule has 2 N–H and O–H groups in total. The van der Waals surface area contributed by atoms with Gasteiger partial charge in [-0.15, -0.1) is 0 Å². The van der Waals surface area contributed by atoms with Gasteiger partial charge in [0, 0.05) is 22.5 Å². The molecule has 0 unspecified atom stereocenters. The second-order valence-electron chi connectivity index (χ2n) is 6.54. The average Bonchev–Trinajstić information content (AvgIpc) is 3.45. The van der Waals surface area contributed by atoms with Crippen molar-refractivity contribution in [2.24, 2.45) is 0 Å². The predicted octanol–water partition coefficient (Wildman–Crippen LogP) is 4.19. The van der Waals surface area contributed by atoms with Gasteiger partial charge in [-0.25, -0.2) is 9.97 Å². The quantitative estimate of drug-likeness (QED) is 0.495. The number of amides is 2. The Bertz CT molecular complexity index is 1100. The molecule has 0 aliphatic rings. The maximum atomic E-state index is 12.5. The number of nitrogens with zero attached hydrogens (tertiary/aromatic N) is 2. The Balaban J connectivity index is 1.51. The van der Waals surface area contributed by atoms with Crippen molar-refractivity contribution in [3.8, 4) is 22.9 Å². The van der Waals surface area contributed by atoms with E-state index >= 15 is 0 Å². The van der Waals surface area contributed by atoms with E-state index in [4.69, 9.17) is 8.83 Å². The van der Waals surface area contributed by atoms with Crippen LogP contribution in [0.5, 0.6) is 0 Å². The second kappa shape index (κ2) is 8.04. The van der Waals surface area contributed by atoms with Gasteiger partial charge in [0.25, 0.3) is 0 Å². The molecule has 8 heteroatoms. The molecule has 4 aromatic rings. The van der Waals surface area contributed by atoms with Gasteiger partial charge in [-0.3, -0.25) is 9.59 Å². The lowest BCUT2D eigenvalue weighted by Crippen LogP contribution is -2.29. The van der Waals surface area contributed by atoms with Crippen LogP contribution in [-0.2, 0) is 9.59 Å². The highest BCUT2D eigenvalue weighted by atomic mass is 16.3. The molecular weight excluding hydrogens is 384 g/mol. The molecule has 30 heavy (non-hydrogen) atoms. The molecule has 4 rings (SSSR count). The number of nitrogens with one attached hydrogen (secondary N) is 2. The Morgan fingerprint density at radius 3 is 1.53 bits per heavy atom. The summed E-state index contributed by atoms with van der Waals surface area (Å²) in [5, 5.41) is 5.29. The van der Waals surface area contributed by atoms with Crippen molar-refractivity contribution in [3.05, 3.63) is 72.4 Å². The minimum Gasteiger partial charge on any atom is -0.445 e. The van der Waals surface area contributed by atoms with Crippen molar-refractivity contribution in [2.45, 2.75) is 13.8 Å². The van der Waals surface area contributed by atoms with E-state index < -0.39 is 11.8 Å². The van der Waals surface area contributed by atoms with Crippen LogP contribution < -0.4 is 10.6 Å². The molecule has 0 saturated heterocycles. The van der Waals surface area contributed by atoms with E-state index in [9.17, 15) is 9.59 Å². The molecule has 2 heterocycles. The highest BCUT2D eigenvalue weighted by Crippen LogP contribution is 2.28. The van der Waals surface area contributed by atoms with Crippen molar-refractivity contribution < 1.29 is 18.4 Å². The maximum absolute atomic E-state index is 12.5. The first-order chi connectivity index (χ1) is 14.5. The fourth-order valence-corrected chi connectivity index (χ4v) is 3.08. The molecule has 0 aliphatic heterocycles. The molecule has 150 valence electrons. The van der Waals surface area contributed by atoms with Crippen LogP contribution in [0.2, 0.25) is 0 Å². The summed E-state index contributed by atoms with van der Waals surface area (Å²) >= 11 is 0. The van der Waals surface area contributed by atoms with Crippen molar-refractivity contribution in [1.82, 2.24) is 9.97 Å². The highest BCUT2D eigenvalue weighted by molar-refractivity contribution is 6.43. The van der Waals surface area contributed by atoms with Gasteiger partial charge in [-0.05, 0) is 49.2 Å². The third-order valence-corrected chi connectivity index (χ3v) is 4.70. The van der Waals surface area contributed by atoms with E-state index in [1.54, 1.807) is 36.7 Å². The number of anilines is 2. The van der Waals surface area contributed by atoms with Crippen LogP contribution in [0.15, 0.2) is 70.2 Å². The Morgan fingerprint density at radius 2 is 1.17 bits per heavy atom. The van der Waals surface area contributed by atoms with E-state index in [0.29, 0.717) is 23.2 Å². The van der Waals surface area contributed by atoms with Gasteiger partial charge in [0.05, 0.1) is 12.4 Å². The zero-order valence-electron chi connectivity index (χ0n) is 16.3. The molecule has 0 radical (unpaired) electrons. The van der Waals surface area contributed by atoms with Crippen LogP contribution >= 0.6 is 0 Å². The molecule has 0 saturated carbocycles. The lowest BCUT2D eigenvalue weighted by atomic mass is 10.1. The normalized spacial score (nSPS) is 10.6. The third kappa shape index (κ3) is 3.70. The van der Waals surface area contributed by atoms with Crippen molar-refractivity contribution in [3.63, 3.8) is 0 Å². The summed E-state index contributed by atoms with van der Waals surface area (Å²) in [6.45, 7) is 3.63. The summed E-state index contributed by atoms with van der Waals surface area (Å²) in [7, 11) is 0. The number of hydrogen-bond donors (Lipinski definition) is 2. The number of carbonyl (C=O) groups excluding carboxylic acids is 2. The first-order valence-corrected chi connectivity index (χ1v) is 9.16. The van der Waals surface area contributed by atoms with Crippen LogP contribution in [0.4, 0.5) is 11.4 Å². The largest absolute Gasteiger partial charge is 0.445 e. The fourth-order valence-electron chi connectivity index (χ4n) is 3.08. The van der Waals surface area contributed by atoms with Gasteiger partial charge in [-0.2, -0.15) is 0 Å². The van der Waals surface area contributed by atoms with Gasteiger partial charge in [-0.1, -0.05) is 12.1 Å². The maximum Gasteiger partial charge on any atom is 0.314 e. The Hall–Kier alpha value is -4.20. The van der Waals surface area contributed by atoms with E-state index in [1.807, 2.05) is 26.0 Å². The Kier molecular flexibility index (Phi) is 5.13. The number of rotatable bonds is 4. The van der Waals surface area contributed by atoms with E-state index in [-0.39, 0.29) is 0 Å². The SMILES string of the molecule is Cc1c(NC(=O)C(=O)Nc2cccc(-c3ncco3)c2C)cccc1-c1ncco1. The fraction of sp³-hybridized carbons (Fsp3) is 0.0909. The van der Waals surface area contributed by atoms with E-state index in [0.717, 1.165) is 22.3 Å². The minimum atomic E-state index is -0.788. The summed E-state index contributed by atoms with van der Waals surface area (Å²) in [5.74, 6) is -0.703. The highest BCUT2D eigenvalue weighted by Gasteiger charge is 2.19. The second-order valence-corrected chi connectivity index (χ2v) is 6.54. The summed E-state index contributed by atoms with van der Waals surface area (Å²) in [6.07, 6.45) is 6.04. The molecule has 0 spiro atoms. The number of benzene rings is 2. The molecule has 0 atom stereocenters. The van der Waals surface area contributed by atoms with Crippen molar-refractivity contribution in [2.75, 3.05) is 10.6 Å². The lowest BCUT2D eigenvalue weighted by molar-refractivity contribution is -0.133. The molecule has 2 aromatic heterocycles. The van der Waals surface area contributed by atoms with Gasteiger partial charge >= 0.3 is 11.8 Å². The molecule has 2 aromatic carbocycles. The molecule has 0 aliphatic carbocycles. The monoisotopic (exact) mass is 402 g/mol. The predicted molar refractivity (Wildman–Crippen MR) is 111 cm³/mol. The Labute approximate surface area is 172 Å². The minimum absolute atomic E-state index is 0.437. The standard InChI is InChI=1S/C22H18N4O4/c1-13-15(21-23-9-11-29-21)5-3-7-17(13)25-19(27)20(28)26-18-8-4-6-16(14(18)2)22-24-10-12-30-22/h3-12H,1-2H3,(H,25,27)(H,26,28). The lowest BCUT2D eigenvalue weighted by Gasteiger charge is -2.13. The summed E-state index contributed by atoms with van der Waals surface area (Å²) in [5.41, 5.74) is 3.93. The summed E-state index contributed by atoms with van der Waals surface area (Å²) < 4.78 is 10.7. The topological polar surface area (TPSA) is 110 Å². The number of carbonyl (C=O) groups is 2. The third-order valence-electron chi connectivity index (χ3n) is 4.70. The number of hydrogen-bond acceptors (Lipinski definition) is 6. The zero-order chi connectivity index (χ0) is 21.1. The first-order valence-electron chi connectivity index (χ1n) is 9.16. The van der Waals surface area contributed by atoms with Crippen LogP contribution in [-0.4, -0.2) is 21.8 Å². The molecule has 8 nitrogen and oxygen atoms in total. The molecule has 0 bridgehead atoms. The first kappa shape index (κ1) is 19.1. The average molecular weight is 402 g/mol. The van der Waals surface area contributed by atoms with Gasteiger partial charge in [0.2, 0.25) is 11.8 Å². The summed E-state index contributed by atoms with van der Waals surface area (Å²) in [4.78, 5) is 33.2. The van der Waals surface area contributed by atoms with E-state index in [2.05, 4.69) is 20.6 Å². The zero-order valence-corrected chi connectivity index (χ0v) is 16.3. The summed E-state index contributed by atoms with van der Waals surface area (Å²) in [6, 6.07) is 10.6. The van der Waals surface area contributed by atoms with Gasteiger partial charge < -0.3 is 19.5 Å². The van der Waals surface area contributed by atoms with Gasteiger partial charge in [0.15, 0.2) is 0 Å².